The number of rotatable bonds is 10. The number of aliphatic hydroxyl groups excluding tert-OH is 1. The van der Waals surface area contributed by atoms with Crippen molar-refractivity contribution >= 4 is 11.0 Å². The van der Waals surface area contributed by atoms with E-state index >= 15 is 0 Å². The summed E-state index contributed by atoms with van der Waals surface area (Å²) in [6.07, 6.45) is 10.6. The van der Waals surface area contributed by atoms with Gasteiger partial charge in [0, 0.05) is 6.54 Å². The van der Waals surface area contributed by atoms with E-state index in [2.05, 4.69) is 42.5 Å². The Balaban J connectivity index is 1.90. The van der Waals surface area contributed by atoms with Crippen LogP contribution in [0.5, 0.6) is 0 Å². The maximum atomic E-state index is 9.60. The van der Waals surface area contributed by atoms with E-state index in [0.29, 0.717) is 0 Å². The van der Waals surface area contributed by atoms with Gasteiger partial charge < -0.3 is 9.67 Å². The molecule has 3 heteroatoms. The summed E-state index contributed by atoms with van der Waals surface area (Å²) in [4.78, 5) is 4.59. The standard InChI is InChI=1S/C20H32N2O/c1-4-5-6-7-8-9-10-11-12-22-19-14-17(3)16(2)13-18(19)21-20(22)15-23/h13-14,23H,4-12,15H2,1-3H3. The van der Waals surface area contributed by atoms with Crippen molar-refractivity contribution in [3.8, 4) is 0 Å². The second kappa shape index (κ2) is 9.07. The van der Waals surface area contributed by atoms with Gasteiger partial charge in [-0.3, -0.25) is 0 Å². The fraction of sp³-hybridized carbons (Fsp3) is 0.650. The molecule has 1 aromatic carbocycles. The van der Waals surface area contributed by atoms with Crippen LogP contribution in [-0.2, 0) is 13.2 Å². The molecule has 2 aromatic rings. The predicted molar refractivity (Wildman–Crippen MR) is 97.7 cm³/mol. The lowest BCUT2D eigenvalue weighted by atomic mass is 10.1. The van der Waals surface area contributed by atoms with Crippen LogP contribution < -0.4 is 0 Å². The van der Waals surface area contributed by atoms with Crippen molar-refractivity contribution in [1.82, 2.24) is 9.55 Å². The first-order valence-corrected chi connectivity index (χ1v) is 9.24. The molecule has 1 aromatic heterocycles. The van der Waals surface area contributed by atoms with Crippen LogP contribution in [-0.4, -0.2) is 14.7 Å². The first-order chi connectivity index (χ1) is 11.2. The molecule has 0 spiro atoms. The molecule has 0 saturated carbocycles. The largest absolute Gasteiger partial charge is 0.388 e. The van der Waals surface area contributed by atoms with Gasteiger partial charge in [0.15, 0.2) is 0 Å². The van der Waals surface area contributed by atoms with Crippen molar-refractivity contribution in [1.29, 1.82) is 0 Å². The molecule has 0 aliphatic heterocycles. The van der Waals surface area contributed by atoms with Gasteiger partial charge in [-0.25, -0.2) is 4.98 Å². The van der Waals surface area contributed by atoms with Crippen LogP contribution >= 0.6 is 0 Å². The van der Waals surface area contributed by atoms with Crippen LogP contribution in [0.25, 0.3) is 11.0 Å². The fourth-order valence-electron chi connectivity index (χ4n) is 3.20. The molecular weight excluding hydrogens is 284 g/mol. The number of benzene rings is 1. The molecule has 0 amide bonds. The molecule has 0 aliphatic carbocycles. The van der Waals surface area contributed by atoms with Crippen LogP contribution in [0.3, 0.4) is 0 Å². The zero-order valence-electron chi connectivity index (χ0n) is 15.1. The number of aromatic nitrogens is 2. The third-order valence-corrected chi connectivity index (χ3v) is 4.82. The van der Waals surface area contributed by atoms with E-state index in [0.717, 1.165) is 17.9 Å². The summed E-state index contributed by atoms with van der Waals surface area (Å²) in [6.45, 7) is 7.50. The van der Waals surface area contributed by atoms with E-state index in [1.165, 1.54) is 68.0 Å². The number of aliphatic hydroxyl groups is 1. The summed E-state index contributed by atoms with van der Waals surface area (Å²) < 4.78 is 2.21. The first-order valence-electron chi connectivity index (χ1n) is 9.24. The molecule has 2 rings (SSSR count). The molecule has 1 heterocycles. The summed E-state index contributed by atoms with van der Waals surface area (Å²) in [7, 11) is 0. The minimum absolute atomic E-state index is 0.0177. The highest BCUT2D eigenvalue weighted by molar-refractivity contribution is 5.78. The zero-order chi connectivity index (χ0) is 16.7. The van der Waals surface area contributed by atoms with Crippen molar-refractivity contribution in [3.63, 3.8) is 0 Å². The molecular formula is C20H32N2O. The Bertz CT molecular complexity index is 616. The summed E-state index contributed by atoms with van der Waals surface area (Å²) in [5.41, 5.74) is 4.73. The Morgan fingerprint density at radius 3 is 2.17 bits per heavy atom. The van der Waals surface area contributed by atoms with Gasteiger partial charge >= 0.3 is 0 Å². The van der Waals surface area contributed by atoms with Gasteiger partial charge in [-0.15, -0.1) is 0 Å². The average molecular weight is 316 g/mol. The van der Waals surface area contributed by atoms with Crippen LogP contribution in [0.15, 0.2) is 12.1 Å². The molecule has 1 N–H and O–H groups in total. The van der Waals surface area contributed by atoms with E-state index in [1.54, 1.807) is 0 Å². The maximum absolute atomic E-state index is 9.60. The van der Waals surface area contributed by atoms with Crippen LogP contribution in [0.1, 0.15) is 75.2 Å². The lowest BCUT2D eigenvalue weighted by Gasteiger charge is -2.09. The number of hydrogen-bond donors (Lipinski definition) is 1. The van der Waals surface area contributed by atoms with Gasteiger partial charge in [-0.1, -0.05) is 51.9 Å². The Hall–Kier alpha value is -1.35. The predicted octanol–water partition coefficient (Wildman–Crippen LogP) is 5.29. The fourth-order valence-corrected chi connectivity index (χ4v) is 3.20. The van der Waals surface area contributed by atoms with Crippen molar-refractivity contribution in [3.05, 3.63) is 29.1 Å². The van der Waals surface area contributed by atoms with E-state index in [1.807, 2.05) is 0 Å². The number of imidazole rings is 1. The number of aryl methyl sites for hydroxylation is 3. The zero-order valence-corrected chi connectivity index (χ0v) is 15.1. The Labute approximate surface area is 140 Å². The molecule has 128 valence electrons. The summed E-state index contributed by atoms with van der Waals surface area (Å²) in [5, 5.41) is 9.60. The van der Waals surface area contributed by atoms with E-state index in [9.17, 15) is 5.11 Å². The summed E-state index contributed by atoms with van der Waals surface area (Å²) >= 11 is 0. The maximum Gasteiger partial charge on any atom is 0.135 e. The third-order valence-electron chi connectivity index (χ3n) is 4.82. The molecule has 0 aliphatic rings. The van der Waals surface area contributed by atoms with Crippen molar-refractivity contribution in [2.24, 2.45) is 0 Å². The third kappa shape index (κ3) is 4.81. The van der Waals surface area contributed by atoms with E-state index < -0.39 is 0 Å². The van der Waals surface area contributed by atoms with Crippen LogP contribution in [0.4, 0.5) is 0 Å². The SMILES string of the molecule is CCCCCCCCCCn1c(CO)nc2cc(C)c(C)cc21. The lowest BCUT2D eigenvalue weighted by Crippen LogP contribution is -2.04. The first kappa shape index (κ1) is 18.0. The average Bonchev–Trinajstić information content (AvgIpc) is 2.87. The van der Waals surface area contributed by atoms with Crippen LogP contribution in [0.2, 0.25) is 0 Å². The molecule has 3 nitrogen and oxygen atoms in total. The molecule has 0 bridgehead atoms. The minimum atomic E-state index is 0.0177. The molecule has 0 fully saturated rings. The number of fused-ring (bicyclic) bond motifs is 1. The highest BCUT2D eigenvalue weighted by atomic mass is 16.3. The van der Waals surface area contributed by atoms with Gasteiger partial charge in [0.25, 0.3) is 0 Å². The second-order valence-electron chi connectivity index (χ2n) is 6.74. The minimum Gasteiger partial charge on any atom is -0.388 e. The molecule has 0 radical (unpaired) electrons. The van der Waals surface area contributed by atoms with E-state index in [4.69, 9.17) is 0 Å². The number of nitrogens with zero attached hydrogens (tertiary/aromatic N) is 2. The lowest BCUT2D eigenvalue weighted by molar-refractivity contribution is 0.265. The molecule has 23 heavy (non-hydrogen) atoms. The number of hydrogen-bond acceptors (Lipinski definition) is 2. The van der Waals surface area contributed by atoms with Crippen molar-refractivity contribution in [2.75, 3.05) is 0 Å². The normalized spacial score (nSPS) is 11.5. The van der Waals surface area contributed by atoms with Crippen molar-refractivity contribution < 1.29 is 5.11 Å². The van der Waals surface area contributed by atoms with Gasteiger partial charge in [0.05, 0.1) is 11.0 Å². The highest BCUT2D eigenvalue weighted by Crippen LogP contribution is 2.22. The van der Waals surface area contributed by atoms with Crippen LogP contribution in [0, 0.1) is 13.8 Å². The van der Waals surface area contributed by atoms with Gasteiger partial charge in [-0.2, -0.15) is 0 Å². The smallest absolute Gasteiger partial charge is 0.135 e. The molecule has 0 unspecified atom stereocenters. The summed E-state index contributed by atoms with van der Waals surface area (Å²) in [6, 6.07) is 4.34. The van der Waals surface area contributed by atoms with Crippen molar-refractivity contribution in [2.45, 2.75) is 85.3 Å². The highest BCUT2D eigenvalue weighted by Gasteiger charge is 2.11. The Morgan fingerprint density at radius 1 is 0.913 bits per heavy atom. The quantitative estimate of drug-likeness (QED) is 0.605. The van der Waals surface area contributed by atoms with Gasteiger partial charge in [-0.05, 0) is 43.5 Å². The number of unbranched alkanes of at least 4 members (excludes halogenated alkanes) is 7. The Morgan fingerprint density at radius 2 is 1.52 bits per heavy atom. The monoisotopic (exact) mass is 316 g/mol. The second-order valence-corrected chi connectivity index (χ2v) is 6.74. The van der Waals surface area contributed by atoms with Gasteiger partial charge in [0.2, 0.25) is 0 Å². The van der Waals surface area contributed by atoms with E-state index in [-0.39, 0.29) is 6.61 Å². The molecule has 0 atom stereocenters. The summed E-state index contributed by atoms with van der Waals surface area (Å²) in [5.74, 6) is 0.799. The van der Waals surface area contributed by atoms with Gasteiger partial charge in [0.1, 0.15) is 12.4 Å². The Kier molecular flexibility index (Phi) is 7.10. The topological polar surface area (TPSA) is 38.0 Å². The molecule has 0 saturated heterocycles.